The fourth-order valence-corrected chi connectivity index (χ4v) is 2.79. The molecule has 6 N–H and O–H groups in total. The van der Waals surface area contributed by atoms with Crippen molar-refractivity contribution in [3.8, 4) is 23.0 Å². The van der Waals surface area contributed by atoms with E-state index in [1.54, 1.807) is 0 Å². The maximum absolute atomic E-state index is 13.3. The Labute approximate surface area is 178 Å². The van der Waals surface area contributed by atoms with Gasteiger partial charge in [0.15, 0.2) is 0 Å². The molecule has 0 aliphatic carbocycles. The predicted molar refractivity (Wildman–Crippen MR) is 107 cm³/mol. The third-order valence-electron chi connectivity index (χ3n) is 4.11. The zero-order chi connectivity index (χ0) is 23.6. The van der Waals surface area contributed by atoms with Gasteiger partial charge in [0.25, 0.3) is 11.8 Å². The van der Waals surface area contributed by atoms with Gasteiger partial charge in [0.05, 0.1) is 5.56 Å². The quantitative estimate of drug-likeness (QED) is 0.356. The van der Waals surface area contributed by atoms with Crippen LogP contribution in [0.25, 0.3) is 0 Å². The molecule has 0 saturated carbocycles. The van der Waals surface area contributed by atoms with Gasteiger partial charge in [0, 0.05) is 34.6 Å². The van der Waals surface area contributed by atoms with E-state index in [1.807, 2.05) is 0 Å². The SMILES string of the molecule is O=C(Nc1cc(NC(=O)c2cc(O)cc(O)c2)cc(C(F)(F)F)c1)c1cc(O)cc(O)c1. The van der Waals surface area contributed by atoms with Gasteiger partial charge in [0.2, 0.25) is 0 Å². The summed E-state index contributed by atoms with van der Waals surface area (Å²) in [5.74, 6) is -3.57. The number of phenols is 4. The lowest BCUT2D eigenvalue weighted by atomic mass is 10.1. The number of amides is 2. The van der Waals surface area contributed by atoms with Crippen molar-refractivity contribution in [2.45, 2.75) is 6.18 Å². The van der Waals surface area contributed by atoms with Gasteiger partial charge in [-0.25, -0.2) is 0 Å². The topological polar surface area (TPSA) is 139 Å². The minimum absolute atomic E-state index is 0.222. The number of carbonyl (C=O) groups is 2. The average molecular weight is 448 g/mol. The molecule has 11 heteroatoms. The minimum Gasteiger partial charge on any atom is -0.508 e. The third-order valence-corrected chi connectivity index (χ3v) is 4.11. The Kier molecular flexibility index (Phi) is 5.83. The first-order valence-electron chi connectivity index (χ1n) is 8.82. The first-order chi connectivity index (χ1) is 14.9. The first kappa shape index (κ1) is 22.3. The predicted octanol–water partition coefficient (Wildman–Crippen LogP) is 4.03. The van der Waals surface area contributed by atoms with E-state index in [0.717, 1.165) is 42.5 Å². The van der Waals surface area contributed by atoms with Crippen LogP contribution in [0.1, 0.15) is 26.3 Å². The van der Waals surface area contributed by atoms with Gasteiger partial charge in [-0.1, -0.05) is 0 Å². The number of rotatable bonds is 4. The lowest BCUT2D eigenvalue weighted by Crippen LogP contribution is -2.16. The van der Waals surface area contributed by atoms with E-state index in [2.05, 4.69) is 10.6 Å². The monoisotopic (exact) mass is 448 g/mol. The highest BCUT2D eigenvalue weighted by Crippen LogP contribution is 2.34. The van der Waals surface area contributed by atoms with E-state index in [1.165, 1.54) is 0 Å². The number of carbonyl (C=O) groups excluding carboxylic acids is 2. The molecule has 0 saturated heterocycles. The fourth-order valence-electron chi connectivity index (χ4n) is 2.79. The van der Waals surface area contributed by atoms with Crippen molar-refractivity contribution in [1.82, 2.24) is 0 Å². The molecule has 0 bridgehead atoms. The standard InChI is InChI=1S/C21H15F3N2O6/c22-21(23,24)12-5-13(25-19(31)10-1-15(27)8-16(28)2-10)7-14(6-12)26-20(32)11-3-17(29)9-18(30)4-11/h1-9,27-30H,(H,25,31)(H,26,32). The van der Waals surface area contributed by atoms with E-state index in [-0.39, 0.29) is 22.5 Å². The van der Waals surface area contributed by atoms with E-state index in [9.17, 15) is 43.2 Å². The number of nitrogens with one attached hydrogen (secondary N) is 2. The van der Waals surface area contributed by atoms with Crippen LogP contribution in [0.5, 0.6) is 23.0 Å². The Balaban J connectivity index is 1.92. The van der Waals surface area contributed by atoms with Gasteiger partial charge in [-0.3, -0.25) is 9.59 Å². The Morgan fingerprint density at radius 1 is 0.594 bits per heavy atom. The third kappa shape index (κ3) is 5.39. The molecule has 0 heterocycles. The number of phenolic OH excluding ortho intramolecular Hbond substituents is 4. The molecule has 2 amide bonds. The van der Waals surface area contributed by atoms with Crippen molar-refractivity contribution in [3.05, 3.63) is 71.3 Å². The molecule has 0 unspecified atom stereocenters. The molecule has 3 aromatic carbocycles. The van der Waals surface area contributed by atoms with Crippen molar-refractivity contribution in [2.24, 2.45) is 0 Å². The van der Waals surface area contributed by atoms with Gasteiger partial charge >= 0.3 is 6.18 Å². The lowest BCUT2D eigenvalue weighted by Gasteiger charge is -2.14. The maximum atomic E-state index is 13.3. The molecule has 166 valence electrons. The van der Waals surface area contributed by atoms with E-state index in [0.29, 0.717) is 12.1 Å². The fraction of sp³-hybridized carbons (Fsp3) is 0.0476. The van der Waals surface area contributed by atoms with Crippen molar-refractivity contribution in [1.29, 1.82) is 0 Å². The van der Waals surface area contributed by atoms with Crippen LogP contribution in [0.2, 0.25) is 0 Å². The Bertz CT molecular complexity index is 1090. The number of hydrogen-bond acceptors (Lipinski definition) is 6. The molecule has 0 aliphatic rings. The second kappa shape index (κ2) is 8.38. The number of alkyl halides is 3. The zero-order valence-corrected chi connectivity index (χ0v) is 15.9. The van der Waals surface area contributed by atoms with Crippen LogP contribution in [0.3, 0.4) is 0 Å². The molecule has 0 fully saturated rings. The maximum Gasteiger partial charge on any atom is 0.416 e. The summed E-state index contributed by atoms with van der Waals surface area (Å²) in [5.41, 5.74) is -2.28. The number of anilines is 2. The van der Waals surface area contributed by atoms with Crippen LogP contribution in [-0.4, -0.2) is 32.2 Å². The molecular weight excluding hydrogens is 433 g/mol. The summed E-state index contributed by atoms with van der Waals surface area (Å²) in [4.78, 5) is 24.7. The van der Waals surface area contributed by atoms with Gasteiger partial charge in [-0.05, 0) is 42.5 Å². The largest absolute Gasteiger partial charge is 0.508 e. The molecule has 0 aliphatic heterocycles. The zero-order valence-electron chi connectivity index (χ0n) is 15.9. The number of hydrogen-bond donors (Lipinski definition) is 6. The van der Waals surface area contributed by atoms with Crippen LogP contribution >= 0.6 is 0 Å². The first-order valence-corrected chi connectivity index (χ1v) is 8.82. The van der Waals surface area contributed by atoms with Gasteiger partial charge in [0.1, 0.15) is 23.0 Å². The summed E-state index contributed by atoms with van der Waals surface area (Å²) < 4.78 is 40.0. The number of halogens is 3. The summed E-state index contributed by atoms with van der Waals surface area (Å²) in [7, 11) is 0. The summed E-state index contributed by atoms with van der Waals surface area (Å²) >= 11 is 0. The Morgan fingerprint density at radius 2 is 0.938 bits per heavy atom. The summed E-state index contributed by atoms with van der Waals surface area (Å²) in [6, 6.07) is 8.25. The highest BCUT2D eigenvalue weighted by atomic mass is 19.4. The lowest BCUT2D eigenvalue weighted by molar-refractivity contribution is -0.137. The highest BCUT2D eigenvalue weighted by molar-refractivity contribution is 6.07. The Hall–Kier alpha value is -4.41. The second-order valence-electron chi connectivity index (χ2n) is 6.68. The molecule has 32 heavy (non-hydrogen) atoms. The van der Waals surface area contributed by atoms with Crippen molar-refractivity contribution in [3.63, 3.8) is 0 Å². The molecule has 0 aromatic heterocycles. The molecule has 8 nitrogen and oxygen atoms in total. The van der Waals surface area contributed by atoms with E-state index < -0.39 is 46.6 Å². The highest BCUT2D eigenvalue weighted by Gasteiger charge is 2.31. The van der Waals surface area contributed by atoms with Crippen LogP contribution in [-0.2, 0) is 6.18 Å². The van der Waals surface area contributed by atoms with Crippen molar-refractivity contribution in [2.75, 3.05) is 10.6 Å². The van der Waals surface area contributed by atoms with Gasteiger partial charge in [-0.15, -0.1) is 0 Å². The van der Waals surface area contributed by atoms with Crippen LogP contribution < -0.4 is 10.6 Å². The average Bonchev–Trinajstić information content (AvgIpc) is 2.65. The van der Waals surface area contributed by atoms with Gasteiger partial charge < -0.3 is 31.1 Å². The molecular formula is C21H15F3N2O6. The molecule has 3 rings (SSSR count). The minimum atomic E-state index is -4.81. The second-order valence-corrected chi connectivity index (χ2v) is 6.68. The van der Waals surface area contributed by atoms with Crippen LogP contribution in [0.4, 0.5) is 24.5 Å². The van der Waals surface area contributed by atoms with Crippen molar-refractivity contribution >= 4 is 23.2 Å². The summed E-state index contributed by atoms with van der Waals surface area (Å²) in [5, 5.41) is 42.3. The summed E-state index contributed by atoms with van der Waals surface area (Å²) in [6.45, 7) is 0. The van der Waals surface area contributed by atoms with Crippen LogP contribution in [0.15, 0.2) is 54.6 Å². The van der Waals surface area contributed by atoms with Crippen LogP contribution in [0, 0.1) is 0 Å². The molecule has 3 aromatic rings. The number of aromatic hydroxyl groups is 4. The summed E-state index contributed by atoms with van der Waals surface area (Å²) in [6.07, 6.45) is -4.81. The molecule has 0 radical (unpaired) electrons. The number of benzene rings is 3. The molecule has 0 atom stereocenters. The molecule has 0 spiro atoms. The Morgan fingerprint density at radius 3 is 1.25 bits per heavy atom. The van der Waals surface area contributed by atoms with Crippen molar-refractivity contribution < 1.29 is 43.2 Å². The normalized spacial score (nSPS) is 11.1. The van der Waals surface area contributed by atoms with Gasteiger partial charge in [-0.2, -0.15) is 13.2 Å². The van der Waals surface area contributed by atoms with E-state index >= 15 is 0 Å². The smallest absolute Gasteiger partial charge is 0.416 e. The van der Waals surface area contributed by atoms with E-state index in [4.69, 9.17) is 0 Å².